The van der Waals surface area contributed by atoms with Gasteiger partial charge in [0.1, 0.15) is 11.8 Å². The van der Waals surface area contributed by atoms with Gasteiger partial charge in [-0.25, -0.2) is 0 Å². The van der Waals surface area contributed by atoms with E-state index >= 15 is 0 Å². The summed E-state index contributed by atoms with van der Waals surface area (Å²) in [4.78, 5) is 9.46. The molecular weight excluding hydrogens is 203 g/mol. The van der Waals surface area contributed by atoms with Crippen LogP contribution in [0.15, 0.2) is 18.2 Å². The quantitative estimate of drug-likeness (QED) is 0.564. The van der Waals surface area contributed by atoms with Gasteiger partial charge < -0.3 is 4.74 Å². The highest BCUT2D eigenvalue weighted by Gasteiger charge is 2.14. The number of hydrogen-bond acceptors (Lipinski definition) is 4. The number of nitro groups is 1. The number of nitro benzene ring substituents is 1. The van der Waals surface area contributed by atoms with Crippen LogP contribution in [0, 0.1) is 27.3 Å². The lowest BCUT2D eigenvalue weighted by Crippen LogP contribution is -2.08. The molecule has 6 heteroatoms. The van der Waals surface area contributed by atoms with Crippen molar-refractivity contribution in [2.45, 2.75) is 13.0 Å². The number of rotatable bonds is 3. The Morgan fingerprint density at radius 3 is 2.80 bits per heavy atom. The third-order valence-corrected chi connectivity index (χ3v) is 1.61. The van der Waals surface area contributed by atoms with Crippen LogP contribution in [0.25, 0.3) is 0 Å². The zero-order valence-corrected chi connectivity index (χ0v) is 7.81. The van der Waals surface area contributed by atoms with E-state index in [0.717, 1.165) is 12.1 Å². The van der Waals surface area contributed by atoms with Crippen LogP contribution in [-0.2, 0) is 0 Å². The number of halogens is 1. The maximum atomic E-state index is 13.1. The Hall–Kier alpha value is -2.16. The second kappa shape index (κ2) is 4.37. The van der Waals surface area contributed by atoms with Crippen LogP contribution >= 0.6 is 0 Å². The summed E-state index contributed by atoms with van der Waals surface area (Å²) in [5.41, 5.74) is -0.619. The van der Waals surface area contributed by atoms with E-state index < -0.39 is 22.5 Å². The summed E-state index contributed by atoms with van der Waals surface area (Å²) >= 11 is 0. The molecule has 0 bridgehead atoms. The summed E-state index contributed by atoms with van der Waals surface area (Å²) in [5.74, 6) is -0.894. The molecule has 5 nitrogen and oxygen atoms in total. The average Bonchev–Trinajstić information content (AvgIpc) is 2.17. The van der Waals surface area contributed by atoms with Crippen molar-refractivity contribution >= 4 is 5.69 Å². The second-order valence-corrected chi connectivity index (χ2v) is 2.76. The molecule has 0 fully saturated rings. The smallest absolute Gasteiger partial charge is 0.305 e. The Labute approximate surface area is 84.9 Å². The van der Waals surface area contributed by atoms with Gasteiger partial charge in [0.05, 0.1) is 4.92 Å². The molecule has 78 valence electrons. The van der Waals surface area contributed by atoms with Gasteiger partial charge in [0.15, 0.2) is 6.10 Å². The van der Waals surface area contributed by atoms with Crippen molar-refractivity contribution in [1.29, 1.82) is 5.26 Å². The number of ether oxygens (including phenoxy) is 1. The molecule has 1 rings (SSSR count). The Balaban J connectivity index is 2.93. The minimum Gasteiger partial charge on any atom is -0.476 e. The third-order valence-electron chi connectivity index (χ3n) is 1.61. The lowest BCUT2D eigenvalue weighted by Gasteiger charge is -2.06. The summed E-state index contributed by atoms with van der Waals surface area (Å²) in [5, 5.41) is 18.7. The minimum absolute atomic E-state index is 0.0900. The third kappa shape index (κ3) is 2.64. The highest BCUT2D eigenvalue weighted by atomic mass is 19.1. The van der Waals surface area contributed by atoms with Crippen LogP contribution in [0.4, 0.5) is 10.1 Å². The summed E-state index contributed by atoms with van der Waals surface area (Å²) in [6.07, 6.45) is -0.731. The van der Waals surface area contributed by atoms with Gasteiger partial charge in [-0.3, -0.25) is 10.1 Å². The molecule has 0 spiro atoms. The fraction of sp³-hybridized carbons (Fsp3) is 0.222. The van der Waals surface area contributed by atoms with Crippen molar-refractivity contribution in [2.24, 2.45) is 0 Å². The first-order valence-corrected chi connectivity index (χ1v) is 4.05. The molecule has 0 saturated carbocycles. The number of nitriles is 1. The molecule has 0 aliphatic carbocycles. The summed E-state index contributed by atoms with van der Waals surface area (Å²) in [7, 11) is 0. The van der Waals surface area contributed by atoms with E-state index in [4.69, 9.17) is 10.00 Å². The molecule has 0 aromatic heterocycles. The fourth-order valence-electron chi connectivity index (χ4n) is 0.939. The zero-order chi connectivity index (χ0) is 11.4. The monoisotopic (exact) mass is 210 g/mol. The first-order chi connectivity index (χ1) is 7.04. The van der Waals surface area contributed by atoms with Gasteiger partial charge in [-0.15, -0.1) is 0 Å². The van der Waals surface area contributed by atoms with E-state index in [-0.39, 0.29) is 5.75 Å². The van der Waals surface area contributed by atoms with Crippen molar-refractivity contribution in [1.82, 2.24) is 0 Å². The van der Waals surface area contributed by atoms with Crippen LogP contribution in [0.2, 0.25) is 0 Å². The predicted octanol–water partition coefficient (Wildman–Crippen LogP) is 2.02. The van der Waals surface area contributed by atoms with Crippen LogP contribution in [0.5, 0.6) is 5.75 Å². The fourth-order valence-corrected chi connectivity index (χ4v) is 0.939. The molecule has 0 aliphatic rings. The van der Waals surface area contributed by atoms with Crippen molar-refractivity contribution < 1.29 is 14.1 Å². The summed E-state index contributed by atoms with van der Waals surface area (Å²) in [6, 6.07) is 4.91. The van der Waals surface area contributed by atoms with E-state index in [1.165, 1.54) is 13.0 Å². The van der Waals surface area contributed by atoms with Crippen LogP contribution in [0.1, 0.15) is 6.92 Å². The predicted molar refractivity (Wildman–Crippen MR) is 48.8 cm³/mol. The van der Waals surface area contributed by atoms with Gasteiger partial charge >= 0.3 is 5.69 Å². The van der Waals surface area contributed by atoms with Gasteiger partial charge in [0.2, 0.25) is 5.82 Å². The molecule has 1 aromatic rings. The van der Waals surface area contributed by atoms with Gasteiger partial charge in [0.25, 0.3) is 0 Å². The highest BCUT2D eigenvalue weighted by molar-refractivity contribution is 5.38. The van der Waals surface area contributed by atoms with E-state index in [1.54, 1.807) is 6.07 Å². The van der Waals surface area contributed by atoms with Crippen molar-refractivity contribution in [3.63, 3.8) is 0 Å². The average molecular weight is 210 g/mol. The van der Waals surface area contributed by atoms with E-state index in [0.29, 0.717) is 0 Å². The maximum absolute atomic E-state index is 13.1. The van der Waals surface area contributed by atoms with Crippen LogP contribution in [-0.4, -0.2) is 11.0 Å². The lowest BCUT2D eigenvalue weighted by atomic mass is 10.3. The molecule has 0 radical (unpaired) electrons. The van der Waals surface area contributed by atoms with Crippen molar-refractivity contribution in [3.05, 3.63) is 34.1 Å². The Morgan fingerprint density at radius 2 is 2.33 bits per heavy atom. The number of nitrogens with zero attached hydrogens (tertiary/aromatic N) is 2. The van der Waals surface area contributed by atoms with Crippen molar-refractivity contribution in [3.8, 4) is 11.8 Å². The van der Waals surface area contributed by atoms with E-state index in [1.807, 2.05) is 0 Å². The zero-order valence-electron chi connectivity index (χ0n) is 7.81. The largest absolute Gasteiger partial charge is 0.476 e. The molecular formula is C9H7FN2O3. The summed E-state index contributed by atoms with van der Waals surface area (Å²) < 4.78 is 18.0. The van der Waals surface area contributed by atoms with E-state index in [9.17, 15) is 14.5 Å². The second-order valence-electron chi connectivity index (χ2n) is 2.76. The lowest BCUT2D eigenvalue weighted by molar-refractivity contribution is -0.387. The van der Waals surface area contributed by atoms with Gasteiger partial charge in [-0.2, -0.15) is 9.65 Å². The minimum atomic E-state index is -0.984. The topological polar surface area (TPSA) is 76.2 Å². The Morgan fingerprint density at radius 1 is 1.67 bits per heavy atom. The van der Waals surface area contributed by atoms with Crippen LogP contribution in [0.3, 0.4) is 0 Å². The Kier molecular flexibility index (Phi) is 3.18. The summed E-state index contributed by atoms with van der Waals surface area (Å²) in [6.45, 7) is 1.49. The molecule has 1 aromatic carbocycles. The number of benzene rings is 1. The standard InChI is InChI=1S/C9H7FN2O3/c1-6(5-11)15-7-2-3-9(12(13)14)8(10)4-7/h2-4,6H,1H3. The molecule has 0 saturated heterocycles. The molecule has 0 amide bonds. The number of hydrogen-bond donors (Lipinski definition) is 0. The van der Waals surface area contributed by atoms with Crippen LogP contribution < -0.4 is 4.74 Å². The Bertz CT molecular complexity index is 428. The highest BCUT2D eigenvalue weighted by Crippen LogP contribution is 2.22. The molecule has 15 heavy (non-hydrogen) atoms. The molecule has 0 heterocycles. The normalized spacial score (nSPS) is 11.5. The maximum Gasteiger partial charge on any atom is 0.305 e. The van der Waals surface area contributed by atoms with Crippen molar-refractivity contribution in [2.75, 3.05) is 0 Å². The van der Waals surface area contributed by atoms with Gasteiger partial charge in [-0.1, -0.05) is 0 Å². The van der Waals surface area contributed by atoms with E-state index in [2.05, 4.69) is 0 Å². The molecule has 0 aliphatic heterocycles. The molecule has 1 atom stereocenters. The first kappa shape index (κ1) is 10.9. The molecule has 1 unspecified atom stereocenters. The molecule has 0 N–H and O–H groups in total. The van der Waals surface area contributed by atoms with Gasteiger partial charge in [-0.05, 0) is 13.0 Å². The van der Waals surface area contributed by atoms with Gasteiger partial charge in [0, 0.05) is 12.1 Å². The SMILES string of the molecule is CC(C#N)Oc1ccc([N+](=O)[O-])c(F)c1. The first-order valence-electron chi connectivity index (χ1n) is 4.05.